The van der Waals surface area contributed by atoms with Gasteiger partial charge in [-0.15, -0.1) is 0 Å². The number of hydrazine groups is 1. The normalized spacial score (nSPS) is 16.3. The molecular formula is C17H17N5. The standard InChI is InChI=1S/C17H17N5/c1-13-5-2-8-17(20-13)22-12-14(11-19-22)21-10-4-6-15-16(21)7-3-9-18-15/h2-9,11,19H,10,12H2,1H3. The monoisotopic (exact) mass is 291 g/mol. The Morgan fingerprint density at radius 3 is 3.05 bits per heavy atom. The van der Waals surface area contributed by atoms with Crippen LogP contribution in [0, 0.1) is 6.92 Å². The summed E-state index contributed by atoms with van der Waals surface area (Å²) in [5, 5.41) is 2.05. The third kappa shape index (κ3) is 2.20. The second kappa shape index (κ2) is 5.18. The van der Waals surface area contributed by atoms with Crippen molar-refractivity contribution in [2.45, 2.75) is 6.92 Å². The average molecular weight is 291 g/mol. The summed E-state index contributed by atoms with van der Waals surface area (Å²) in [6.45, 7) is 3.64. The van der Waals surface area contributed by atoms with Gasteiger partial charge in [0.25, 0.3) is 0 Å². The molecule has 1 N–H and O–H groups in total. The molecule has 0 atom stereocenters. The Morgan fingerprint density at radius 2 is 2.14 bits per heavy atom. The number of rotatable bonds is 2. The molecule has 4 heterocycles. The predicted octanol–water partition coefficient (Wildman–Crippen LogP) is 2.48. The fourth-order valence-electron chi connectivity index (χ4n) is 2.80. The van der Waals surface area contributed by atoms with Gasteiger partial charge in [0.1, 0.15) is 5.82 Å². The Morgan fingerprint density at radius 1 is 1.18 bits per heavy atom. The lowest BCUT2D eigenvalue weighted by Crippen LogP contribution is -2.33. The van der Waals surface area contributed by atoms with Gasteiger partial charge in [-0.3, -0.25) is 9.99 Å². The van der Waals surface area contributed by atoms with Crippen molar-refractivity contribution < 1.29 is 0 Å². The van der Waals surface area contributed by atoms with E-state index >= 15 is 0 Å². The summed E-state index contributed by atoms with van der Waals surface area (Å²) >= 11 is 0. The van der Waals surface area contributed by atoms with E-state index in [0.717, 1.165) is 36.0 Å². The molecule has 4 rings (SSSR count). The molecule has 110 valence electrons. The summed E-state index contributed by atoms with van der Waals surface area (Å²) in [7, 11) is 0. The Balaban J connectivity index is 1.57. The SMILES string of the molecule is Cc1cccc(N2CC(N3CC=Cc4ncccc43)=CN2)n1. The molecule has 0 amide bonds. The molecule has 2 aromatic rings. The Bertz CT molecular complexity index is 765. The minimum Gasteiger partial charge on any atom is -0.336 e. The van der Waals surface area contributed by atoms with Crippen molar-refractivity contribution in [3.8, 4) is 0 Å². The molecule has 0 saturated heterocycles. The van der Waals surface area contributed by atoms with Gasteiger partial charge in [-0.25, -0.2) is 4.98 Å². The summed E-state index contributed by atoms with van der Waals surface area (Å²) < 4.78 is 0. The smallest absolute Gasteiger partial charge is 0.147 e. The molecule has 0 saturated carbocycles. The lowest BCUT2D eigenvalue weighted by atomic mass is 10.1. The molecule has 2 aliphatic rings. The van der Waals surface area contributed by atoms with E-state index in [9.17, 15) is 0 Å². The second-order valence-electron chi connectivity index (χ2n) is 5.41. The van der Waals surface area contributed by atoms with Gasteiger partial charge in [-0.1, -0.05) is 12.1 Å². The van der Waals surface area contributed by atoms with E-state index in [4.69, 9.17) is 0 Å². The maximum Gasteiger partial charge on any atom is 0.147 e. The molecule has 0 aliphatic carbocycles. The van der Waals surface area contributed by atoms with E-state index in [-0.39, 0.29) is 0 Å². The average Bonchev–Trinajstić information content (AvgIpc) is 3.04. The van der Waals surface area contributed by atoms with E-state index in [2.05, 4.69) is 43.5 Å². The Hall–Kier alpha value is -2.82. The highest BCUT2D eigenvalue weighted by atomic mass is 15.5. The minimum absolute atomic E-state index is 0.776. The van der Waals surface area contributed by atoms with Crippen molar-refractivity contribution in [3.05, 3.63) is 65.9 Å². The van der Waals surface area contributed by atoms with Gasteiger partial charge in [0.2, 0.25) is 0 Å². The van der Waals surface area contributed by atoms with Gasteiger partial charge in [-0.05, 0) is 37.3 Å². The molecule has 22 heavy (non-hydrogen) atoms. The maximum atomic E-state index is 4.56. The molecule has 0 spiro atoms. The number of nitrogens with zero attached hydrogens (tertiary/aromatic N) is 4. The summed E-state index contributed by atoms with van der Waals surface area (Å²) in [5.41, 5.74) is 7.69. The van der Waals surface area contributed by atoms with Crippen molar-refractivity contribution in [2.75, 3.05) is 23.0 Å². The van der Waals surface area contributed by atoms with Crippen LogP contribution in [0.3, 0.4) is 0 Å². The van der Waals surface area contributed by atoms with Gasteiger partial charge in [0.05, 0.1) is 23.6 Å². The zero-order valence-corrected chi connectivity index (χ0v) is 12.4. The van der Waals surface area contributed by atoms with Gasteiger partial charge >= 0.3 is 0 Å². The number of hydrogen-bond acceptors (Lipinski definition) is 5. The summed E-state index contributed by atoms with van der Waals surface area (Å²) in [6, 6.07) is 10.1. The molecule has 5 heteroatoms. The number of anilines is 2. The molecule has 0 radical (unpaired) electrons. The number of fused-ring (bicyclic) bond motifs is 1. The van der Waals surface area contributed by atoms with Crippen LogP contribution in [0.25, 0.3) is 6.08 Å². The number of pyridine rings is 2. The van der Waals surface area contributed by atoms with Crippen LogP contribution in [0.1, 0.15) is 11.4 Å². The van der Waals surface area contributed by atoms with Gasteiger partial charge in [-0.2, -0.15) is 0 Å². The first-order valence-corrected chi connectivity index (χ1v) is 7.37. The van der Waals surface area contributed by atoms with Crippen molar-refractivity contribution in [1.82, 2.24) is 15.4 Å². The Labute approximate surface area is 129 Å². The van der Waals surface area contributed by atoms with E-state index in [1.165, 1.54) is 5.70 Å². The number of aryl methyl sites for hydroxylation is 1. The molecular weight excluding hydrogens is 274 g/mol. The number of hydrogen-bond donors (Lipinski definition) is 1. The summed E-state index contributed by atoms with van der Waals surface area (Å²) in [5.74, 6) is 0.935. The predicted molar refractivity (Wildman–Crippen MR) is 88.2 cm³/mol. The van der Waals surface area contributed by atoms with Crippen LogP contribution < -0.4 is 15.3 Å². The third-order valence-electron chi connectivity index (χ3n) is 3.87. The molecule has 0 bridgehead atoms. The van der Waals surface area contributed by atoms with E-state index in [0.29, 0.717) is 0 Å². The van der Waals surface area contributed by atoms with E-state index in [1.807, 2.05) is 43.6 Å². The van der Waals surface area contributed by atoms with Crippen LogP contribution in [0.5, 0.6) is 0 Å². The molecule has 2 aromatic heterocycles. The third-order valence-corrected chi connectivity index (χ3v) is 3.87. The van der Waals surface area contributed by atoms with Crippen LogP contribution in [0.2, 0.25) is 0 Å². The molecule has 5 nitrogen and oxygen atoms in total. The maximum absolute atomic E-state index is 4.56. The van der Waals surface area contributed by atoms with Gasteiger partial charge in [0.15, 0.2) is 0 Å². The highest BCUT2D eigenvalue weighted by Gasteiger charge is 2.23. The lowest BCUT2D eigenvalue weighted by molar-refractivity contribution is 0.804. The highest BCUT2D eigenvalue weighted by Crippen LogP contribution is 2.28. The lowest BCUT2D eigenvalue weighted by Gasteiger charge is -2.28. The summed E-state index contributed by atoms with van der Waals surface area (Å²) in [6.07, 6.45) is 8.09. The quantitative estimate of drug-likeness (QED) is 0.921. The van der Waals surface area contributed by atoms with Crippen LogP contribution in [-0.2, 0) is 0 Å². The van der Waals surface area contributed by atoms with Crippen LogP contribution in [0.4, 0.5) is 11.5 Å². The van der Waals surface area contributed by atoms with Gasteiger partial charge in [0, 0.05) is 24.6 Å². The topological polar surface area (TPSA) is 44.3 Å². The van der Waals surface area contributed by atoms with Crippen LogP contribution >= 0.6 is 0 Å². The van der Waals surface area contributed by atoms with Crippen molar-refractivity contribution in [2.24, 2.45) is 0 Å². The number of nitrogens with one attached hydrogen (secondary N) is 1. The second-order valence-corrected chi connectivity index (χ2v) is 5.41. The first-order chi connectivity index (χ1) is 10.8. The molecule has 0 unspecified atom stereocenters. The summed E-state index contributed by atoms with van der Waals surface area (Å²) in [4.78, 5) is 11.3. The van der Waals surface area contributed by atoms with E-state index in [1.54, 1.807) is 0 Å². The largest absolute Gasteiger partial charge is 0.336 e. The highest BCUT2D eigenvalue weighted by molar-refractivity contribution is 5.71. The Kier molecular flexibility index (Phi) is 3.04. The first kappa shape index (κ1) is 12.9. The number of aromatic nitrogens is 2. The zero-order valence-electron chi connectivity index (χ0n) is 12.4. The van der Waals surface area contributed by atoms with Crippen LogP contribution in [-0.4, -0.2) is 23.1 Å². The van der Waals surface area contributed by atoms with E-state index < -0.39 is 0 Å². The van der Waals surface area contributed by atoms with Crippen molar-refractivity contribution >= 4 is 17.6 Å². The minimum atomic E-state index is 0.776. The van der Waals surface area contributed by atoms with Crippen molar-refractivity contribution in [3.63, 3.8) is 0 Å². The first-order valence-electron chi connectivity index (χ1n) is 7.37. The molecule has 0 aromatic carbocycles. The fraction of sp³-hybridized carbons (Fsp3) is 0.176. The zero-order chi connectivity index (χ0) is 14.9. The van der Waals surface area contributed by atoms with Crippen LogP contribution in [0.15, 0.2) is 54.5 Å². The molecule has 2 aliphatic heterocycles. The van der Waals surface area contributed by atoms with Crippen molar-refractivity contribution in [1.29, 1.82) is 0 Å². The van der Waals surface area contributed by atoms with Gasteiger partial charge < -0.3 is 10.3 Å². The molecule has 0 fully saturated rings. The fourth-order valence-corrected chi connectivity index (χ4v) is 2.80.